The van der Waals surface area contributed by atoms with Gasteiger partial charge >= 0.3 is 0 Å². The SMILES string of the molecule is Cc1cccc(OCC(=O)NCC(c2ccc(N(C)C)cc2)N2CCc3ccccc3C2)c1. The molecule has 0 fully saturated rings. The minimum absolute atomic E-state index is 0.0125. The molecule has 5 heteroatoms. The Labute approximate surface area is 197 Å². The molecule has 1 heterocycles. The second kappa shape index (κ2) is 10.5. The predicted molar refractivity (Wildman–Crippen MR) is 134 cm³/mol. The topological polar surface area (TPSA) is 44.8 Å². The van der Waals surface area contributed by atoms with E-state index in [0.29, 0.717) is 12.3 Å². The largest absolute Gasteiger partial charge is 0.484 e. The van der Waals surface area contributed by atoms with Crippen LogP contribution in [0.25, 0.3) is 0 Å². The zero-order valence-electron chi connectivity index (χ0n) is 19.8. The van der Waals surface area contributed by atoms with Gasteiger partial charge in [-0.15, -0.1) is 0 Å². The average molecular weight is 444 g/mol. The third-order valence-corrected chi connectivity index (χ3v) is 6.25. The van der Waals surface area contributed by atoms with E-state index in [-0.39, 0.29) is 18.6 Å². The number of nitrogens with one attached hydrogen (secondary N) is 1. The van der Waals surface area contributed by atoms with Gasteiger partial charge in [0.2, 0.25) is 0 Å². The first kappa shape index (κ1) is 22.9. The van der Waals surface area contributed by atoms with Crippen LogP contribution in [0.1, 0.15) is 28.3 Å². The summed E-state index contributed by atoms with van der Waals surface area (Å²) in [7, 11) is 4.09. The molecule has 0 radical (unpaired) electrons. The van der Waals surface area contributed by atoms with Crippen LogP contribution in [0.15, 0.2) is 72.8 Å². The van der Waals surface area contributed by atoms with Crippen molar-refractivity contribution in [3.05, 3.63) is 95.1 Å². The first-order valence-corrected chi connectivity index (χ1v) is 11.5. The highest BCUT2D eigenvalue weighted by molar-refractivity contribution is 5.77. The predicted octanol–water partition coefficient (Wildman–Crippen LogP) is 4.36. The maximum absolute atomic E-state index is 12.6. The molecule has 33 heavy (non-hydrogen) atoms. The Morgan fingerprint density at radius 3 is 2.52 bits per heavy atom. The monoisotopic (exact) mass is 443 g/mol. The van der Waals surface area contributed by atoms with Crippen molar-refractivity contribution < 1.29 is 9.53 Å². The maximum Gasteiger partial charge on any atom is 0.258 e. The first-order valence-electron chi connectivity index (χ1n) is 11.5. The van der Waals surface area contributed by atoms with Crippen molar-refractivity contribution in [1.82, 2.24) is 10.2 Å². The molecule has 0 bridgehead atoms. The molecule has 5 nitrogen and oxygen atoms in total. The van der Waals surface area contributed by atoms with Crippen LogP contribution in [0.2, 0.25) is 0 Å². The van der Waals surface area contributed by atoms with Crippen molar-refractivity contribution in [3.8, 4) is 5.75 Å². The number of hydrogen-bond acceptors (Lipinski definition) is 4. The van der Waals surface area contributed by atoms with E-state index in [0.717, 1.165) is 30.8 Å². The van der Waals surface area contributed by atoms with Gasteiger partial charge in [0, 0.05) is 39.4 Å². The van der Waals surface area contributed by atoms with Crippen molar-refractivity contribution in [2.45, 2.75) is 25.9 Å². The number of ether oxygens (including phenoxy) is 1. The van der Waals surface area contributed by atoms with Gasteiger partial charge in [-0.2, -0.15) is 0 Å². The number of fused-ring (bicyclic) bond motifs is 1. The van der Waals surface area contributed by atoms with Crippen LogP contribution in [0, 0.1) is 6.92 Å². The highest BCUT2D eigenvalue weighted by Crippen LogP contribution is 2.28. The Bertz CT molecular complexity index is 1080. The van der Waals surface area contributed by atoms with Crippen molar-refractivity contribution in [3.63, 3.8) is 0 Å². The molecule has 1 N–H and O–H groups in total. The third kappa shape index (κ3) is 5.93. The Hall–Kier alpha value is -3.31. The Morgan fingerprint density at radius 1 is 1.03 bits per heavy atom. The van der Waals surface area contributed by atoms with Gasteiger partial charge in [0.15, 0.2) is 6.61 Å². The molecule has 1 aliphatic rings. The lowest BCUT2D eigenvalue weighted by Gasteiger charge is -2.36. The molecule has 4 rings (SSSR count). The highest BCUT2D eigenvalue weighted by Gasteiger charge is 2.25. The van der Waals surface area contributed by atoms with Crippen molar-refractivity contribution in [2.75, 3.05) is 38.7 Å². The van der Waals surface area contributed by atoms with E-state index in [4.69, 9.17) is 4.74 Å². The maximum atomic E-state index is 12.6. The number of hydrogen-bond donors (Lipinski definition) is 1. The van der Waals surface area contributed by atoms with E-state index < -0.39 is 0 Å². The molecule has 1 unspecified atom stereocenters. The van der Waals surface area contributed by atoms with E-state index in [1.807, 2.05) is 45.3 Å². The second-order valence-electron chi connectivity index (χ2n) is 8.90. The summed E-state index contributed by atoms with van der Waals surface area (Å²) < 4.78 is 5.69. The van der Waals surface area contributed by atoms with Gasteiger partial charge in [0.25, 0.3) is 5.91 Å². The smallest absolute Gasteiger partial charge is 0.258 e. The van der Waals surface area contributed by atoms with E-state index in [1.165, 1.54) is 16.7 Å². The van der Waals surface area contributed by atoms with Crippen molar-refractivity contribution in [2.24, 2.45) is 0 Å². The fourth-order valence-corrected chi connectivity index (χ4v) is 4.35. The summed E-state index contributed by atoms with van der Waals surface area (Å²) in [4.78, 5) is 17.2. The quantitative estimate of drug-likeness (QED) is 0.562. The number of amides is 1. The lowest BCUT2D eigenvalue weighted by atomic mass is 9.96. The number of rotatable bonds is 8. The third-order valence-electron chi connectivity index (χ3n) is 6.25. The van der Waals surface area contributed by atoms with Gasteiger partial charge in [-0.3, -0.25) is 9.69 Å². The van der Waals surface area contributed by atoms with E-state index >= 15 is 0 Å². The molecule has 3 aromatic rings. The summed E-state index contributed by atoms with van der Waals surface area (Å²) in [6, 6.07) is 25.1. The lowest BCUT2D eigenvalue weighted by molar-refractivity contribution is -0.123. The van der Waals surface area contributed by atoms with E-state index in [2.05, 4.69) is 63.6 Å². The number of anilines is 1. The van der Waals surface area contributed by atoms with Gasteiger partial charge in [0.05, 0.1) is 6.04 Å². The molecule has 1 aliphatic heterocycles. The van der Waals surface area contributed by atoms with Gasteiger partial charge < -0.3 is 15.0 Å². The molecule has 0 saturated carbocycles. The Morgan fingerprint density at radius 2 is 1.79 bits per heavy atom. The molecular weight excluding hydrogens is 410 g/mol. The van der Waals surface area contributed by atoms with Gasteiger partial charge in [-0.25, -0.2) is 0 Å². The van der Waals surface area contributed by atoms with Crippen LogP contribution in [0.4, 0.5) is 5.69 Å². The first-order chi connectivity index (χ1) is 16.0. The molecule has 3 aromatic carbocycles. The second-order valence-corrected chi connectivity index (χ2v) is 8.90. The lowest BCUT2D eigenvalue weighted by Crippen LogP contribution is -2.41. The number of nitrogens with zero attached hydrogens (tertiary/aromatic N) is 2. The zero-order chi connectivity index (χ0) is 23.2. The molecule has 0 aliphatic carbocycles. The molecule has 1 atom stereocenters. The number of benzene rings is 3. The van der Waals surface area contributed by atoms with Crippen LogP contribution in [0.3, 0.4) is 0 Å². The van der Waals surface area contributed by atoms with Crippen LogP contribution >= 0.6 is 0 Å². The van der Waals surface area contributed by atoms with E-state index in [9.17, 15) is 4.79 Å². The van der Waals surface area contributed by atoms with Crippen molar-refractivity contribution in [1.29, 1.82) is 0 Å². The average Bonchev–Trinajstić information content (AvgIpc) is 2.83. The molecule has 0 saturated heterocycles. The molecule has 172 valence electrons. The van der Waals surface area contributed by atoms with E-state index in [1.54, 1.807) is 0 Å². The zero-order valence-corrected chi connectivity index (χ0v) is 19.8. The summed E-state index contributed by atoms with van der Waals surface area (Å²) in [5.74, 6) is 0.609. The molecule has 1 amide bonds. The summed E-state index contributed by atoms with van der Waals surface area (Å²) in [6.07, 6.45) is 1.02. The minimum atomic E-state index is -0.108. The summed E-state index contributed by atoms with van der Waals surface area (Å²) in [5.41, 5.74) is 6.27. The molecular formula is C28H33N3O2. The standard InChI is InChI=1S/C28H33N3O2/c1-21-7-6-10-26(17-21)33-20-28(32)29-18-27(23-11-13-25(14-12-23)30(2)3)31-16-15-22-8-4-5-9-24(22)19-31/h4-14,17,27H,15-16,18-20H2,1-3H3,(H,29,32). The number of carbonyl (C=O) groups excluding carboxylic acids is 1. The van der Waals surface area contributed by atoms with Gasteiger partial charge in [0.1, 0.15) is 5.75 Å². The van der Waals surface area contributed by atoms with Crippen LogP contribution in [-0.4, -0.2) is 44.6 Å². The van der Waals surface area contributed by atoms with Crippen LogP contribution < -0.4 is 15.0 Å². The molecule has 0 spiro atoms. The highest BCUT2D eigenvalue weighted by atomic mass is 16.5. The fraction of sp³-hybridized carbons (Fsp3) is 0.321. The molecule has 0 aromatic heterocycles. The van der Waals surface area contributed by atoms with Gasteiger partial charge in [-0.05, 0) is 59.9 Å². The fourth-order valence-electron chi connectivity index (χ4n) is 4.35. The van der Waals surface area contributed by atoms with Crippen molar-refractivity contribution >= 4 is 11.6 Å². The van der Waals surface area contributed by atoms with Gasteiger partial charge in [-0.1, -0.05) is 48.5 Å². The number of aryl methyl sites for hydroxylation is 1. The summed E-state index contributed by atoms with van der Waals surface area (Å²) in [5, 5.41) is 3.11. The number of carbonyl (C=O) groups is 1. The minimum Gasteiger partial charge on any atom is -0.484 e. The van der Waals surface area contributed by atoms with Crippen LogP contribution in [0.5, 0.6) is 5.75 Å². The Kier molecular flexibility index (Phi) is 7.30. The normalized spacial score (nSPS) is 14.3. The summed E-state index contributed by atoms with van der Waals surface area (Å²) >= 11 is 0. The Balaban J connectivity index is 1.45. The van der Waals surface area contributed by atoms with Crippen LogP contribution in [-0.2, 0) is 17.8 Å². The summed E-state index contributed by atoms with van der Waals surface area (Å²) in [6.45, 7) is 4.41.